The van der Waals surface area contributed by atoms with E-state index < -0.39 is 0 Å². The van der Waals surface area contributed by atoms with Crippen LogP contribution in [0.4, 0.5) is 0 Å². The van der Waals surface area contributed by atoms with Gasteiger partial charge in [-0.3, -0.25) is 0 Å². The number of aromatic nitrogens is 2. The highest BCUT2D eigenvalue weighted by atomic mass is 16.5. The number of rotatable bonds is 7. The van der Waals surface area contributed by atoms with Gasteiger partial charge in [0.2, 0.25) is 0 Å². The van der Waals surface area contributed by atoms with Crippen LogP contribution in [-0.4, -0.2) is 29.8 Å². The van der Waals surface area contributed by atoms with Crippen molar-refractivity contribution in [2.24, 2.45) is 0 Å². The van der Waals surface area contributed by atoms with Crippen molar-refractivity contribution in [1.82, 2.24) is 14.9 Å². The highest BCUT2D eigenvalue weighted by Crippen LogP contribution is 2.15. The second-order valence-electron chi connectivity index (χ2n) is 5.08. The van der Waals surface area contributed by atoms with Crippen molar-refractivity contribution in [3.05, 3.63) is 53.1 Å². The lowest BCUT2D eigenvalue weighted by atomic mass is 10.0. The molecule has 4 heteroatoms. The number of benzene rings is 1. The van der Waals surface area contributed by atoms with E-state index in [1.165, 1.54) is 16.7 Å². The van der Waals surface area contributed by atoms with Crippen LogP contribution < -0.4 is 5.32 Å². The van der Waals surface area contributed by atoms with E-state index in [0.29, 0.717) is 0 Å². The first kappa shape index (κ1) is 14.8. The van der Waals surface area contributed by atoms with Crippen molar-refractivity contribution in [3.8, 4) is 0 Å². The van der Waals surface area contributed by atoms with Crippen LogP contribution in [0.15, 0.2) is 30.7 Å². The molecular formula is C16H23N3O. The summed E-state index contributed by atoms with van der Waals surface area (Å²) < 4.78 is 7.14. The van der Waals surface area contributed by atoms with Gasteiger partial charge in [0.25, 0.3) is 0 Å². The average molecular weight is 273 g/mol. The summed E-state index contributed by atoms with van der Waals surface area (Å²) in [5, 5.41) is 3.30. The number of ether oxygens (including phenoxy) is 1. The maximum absolute atomic E-state index is 5.00. The number of hydrogen-bond donors (Lipinski definition) is 1. The van der Waals surface area contributed by atoms with Crippen LogP contribution in [0.3, 0.4) is 0 Å². The predicted octanol–water partition coefficient (Wildman–Crippen LogP) is 2.28. The third kappa shape index (κ3) is 3.92. The first-order chi connectivity index (χ1) is 9.70. The maximum Gasteiger partial charge on any atom is 0.0953 e. The van der Waals surface area contributed by atoms with Gasteiger partial charge in [-0.25, -0.2) is 4.98 Å². The second-order valence-corrected chi connectivity index (χ2v) is 5.08. The standard InChI is InChI=1S/C16H23N3O/c1-13-5-4-6-14(2)16(13)11-19-10-15(18-12-19)9-17-7-8-20-3/h4-6,10,12,17H,7-9,11H2,1-3H3. The van der Waals surface area contributed by atoms with Crippen LogP contribution in [0.2, 0.25) is 0 Å². The van der Waals surface area contributed by atoms with Gasteiger partial charge in [0.15, 0.2) is 0 Å². The Labute approximate surface area is 120 Å². The van der Waals surface area contributed by atoms with Crippen LogP contribution in [0.1, 0.15) is 22.4 Å². The van der Waals surface area contributed by atoms with E-state index in [2.05, 4.69) is 53.1 Å². The summed E-state index contributed by atoms with van der Waals surface area (Å²) in [7, 11) is 1.71. The molecule has 0 atom stereocenters. The predicted molar refractivity (Wildman–Crippen MR) is 80.8 cm³/mol. The Morgan fingerprint density at radius 2 is 2.00 bits per heavy atom. The summed E-state index contributed by atoms with van der Waals surface area (Å²) in [4.78, 5) is 4.43. The van der Waals surface area contributed by atoms with E-state index >= 15 is 0 Å². The lowest BCUT2D eigenvalue weighted by Gasteiger charge is -2.09. The van der Waals surface area contributed by atoms with Crippen LogP contribution in [-0.2, 0) is 17.8 Å². The largest absolute Gasteiger partial charge is 0.383 e. The van der Waals surface area contributed by atoms with Crippen LogP contribution in [0, 0.1) is 13.8 Å². The van der Waals surface area contributed by atoms with Gasteiger partial charge in [-0.1, -0.05) is 18.2 Å². The summed E-state index contributed by atoms with van der Waals surface area (Å²) in [5.41, 5.74) is 5.10. The molecule has 0 radical (unpaired) electrons. The van der Waals surface area contributed by atoms with Gasteiger partial charge in [-0.05, 0) is 30.5 Å². The summed E-state index contributed by atoms with van der Waals surface area (Å²) in [6.45, 7) is 7.55. The molecule has 0 fully saturated rings. The molecule has 0 saturated heterocycles. The normalized spacial score (nSPS) is 10.9. The quantitative estimate of drug-likeness (QED) is 0.787. The Morgan fingerprint density at radius 1 is 1.25 bits per heavy atom. The average Bonchev–Trinajstić information content (AvgIpc) is 2.87. The topological polar surface area (TPSA) is 39.1 Å². The van der Waals surface area contributed by atoms with Crippen molar-refractivity contribution in [2.45, 2.75) is 26.9 Å². The van der Waals surface area contributed by atoms with Crippen molar-refractivity contribution in [2.75, 3.05) is 20.3 Å². The Kier molecular flexibility index (Phi) is 5.32. The second kappa shape index (κ2) is 7.22. The van der Waals surface area contributed by atoms with Crippen molar-refractivity contribution in [3.63, 3.8) is 0 Å². The van der Waals surface area contributed by atoms with Gasteiger partial charge >= 0.3 is 0 Å². The van der Waals surface area contributed by atoms with E-state index in [9.17, 15) is 0 Å². The summed E-state index contributed by atoms with van der Waals surface area (Å²) in [6.07, 6.45) is 4.00. The molecule has 20 heavy (non-hydrogen) atoms. The minimum Gasteiger partial charge on any atom is -0.383 e. The molecule has 0 aliphatic rings. The van der Waals surface area contributed by atoms with Crippen molar-refractivity contribution < 1.29 is 4.74 Å². The number of imidazole rings is 1. The molecule has 4 nitrogen and oxygen atoms in total. The molecule has 2 rings (SSSR count). The minimum atomic E-state index is 0.725. The lowest BCUT2D eigenvalue weighted by Crippen LogP contribution is -2.18. The van der Waals surface area contributed by atoms with Gasteiger partial charge in [0.1, 0.15) is 0 Å². The molecule has 1 heterocycles. The smallest absolute Gasteiger partial charge is 0.0953 e. The monoisotopic (exact) mass is 273 g/mol. The molecule has 0 spiro atoms. The minimum absolute atomic E-state index is 0.725. The summed E-state index contributed by atoms with van der Waals surface area (Å²) in [5.74, 6) is 0. The highest BCUT2D eigenvalue weighted by molar-refractivity contribution is 5.33. The third-order valence-corrected chi connectivity index (χ3v) is 3.46. The molecule has 0 saturated carbocycles. The number of hydrogen-bond acceptors (Lipinski definition) is 3. The Morgan fingerprint density at radius 3 is 2.70 bits per heavy atom. The van der Waals surface area contributed by atoms with E-state index in [-0.39, 0.29) is 0 Å². The van der Waals surface area contributed by atoms with Crippen LogP contribution in [0.5, 0.6) is 0 Å². The zero-order valence-corrected chi connectivity index (χ0v) is 12.5. The fourth-order valence-electron chi connectivity index (χ4n) is 2.26. The summed E-state index contributed by atoms with van der Waals surface area (Å²) >= 11 is 0. The van der Waals surface area contributed by atoms with Crippen molar-refractivity contribution >= 4 is 0 Å². The third-order valence-electron chi connectivity index (χ3n) is 3.46. The zero-order valence-electron chi connectivity index (χ0n) is 12.5. The molecule has 1 aromatic carbocycles. The fourth-order valence-corrected chi connectivity index (χ4v) is 2.26. The Bertz CT molecular complexity index is 528. The fraction of sp³-hybridized carbons (Fsp3) is 0.438. The van der Waals surface area contributed by atoms with Gasteiger partial charge < -0.3 is 14.6 Å². The maximum atomic E-state index is 5.00. The SMILES string of the molecule is COCCNCc1cn(Cc2c(C)cccc2C)cn1. The summed E-state index contributed by atoms with van der Waals surface area (Å²) in [6, 6.07) is 6.42. The number of methoxy groups -OCH3 is 1. The first-order valence-electron chi connectivity index (χ1n) is 6.96. The van der Waals surface area contributed by atoms with Crippen molar-refractivity contribution in [1.29, 1.82) is 0 Å². The van der Waals surface area contributed by atoms with Gasteiger partial charge in [0, 0.05) is 32.9 Å². The molecule has 0 aliphatic carbocycles. The molecule has 0 aliphatic heterocycles. The molecular weight excluding hydrogens is 250 g/mol. The molecule has 0 unspecified atom stereocenters. The molecule has 1 N–H and O–H groups in total. The molecule has 0 bridgehead atoms. The highest BCUT2D eigenvalue weighted by Gasteiger charge is 2.04. The first-order valence-corrected chi connectivity index (χ1v) is 6.96. The van der Waals surface area contributed by atoms with Crippen LogP contribution in [0.25, 0.3) is 0 Å². The van der Waals surface area contributed by atoms with E-state index in [0.717, 1.165) is 31.9 Å². The van der Waals surface area contributed by atoms with E-state index in [4.69, 9.17) is 4.74 Å². The molecule has 1 aromatic heterocycles. The number of nitrogens with zero attached hydrogens (tertiary/aromatic N) is 2. The number of aryl methyl sites for hydroxylation is 2. The Balaban J connectivity index is 1.96. The molecule has 2 aromatic rings. The molecule has 108 valence electrons. The lowest BCUT2D eigenvalue weighted by molar-refractivity contribution is 0.199. The zero-order chi connectivity index (χ0) is 14.4. The number of nitrogens with one attached hydrogen (secondary N) is 1. The van der Waals surface area contributed by atoms with E-state index in [1.54, 1.807) is 7.11 Å². The van der Waals surface area contributed by atoms with Gasteiger partial charge in [0.05, 0.1) is 18.6 Å². The van der Waals surface area contributed by atoms with Gasteiger partial charge in [-0.2, -0.15) is 0 Å². The van der Waals surface area contributed by atoms with Gasteiger partial charge in [-0.15, -0.1) is 0 Å². The van der Waals surface area contributed by atoms with E-state index in [1.807, 2.05) is 6.33 Å². The Hall–Kier alpha value is -1.65. The van der Waals surface area contributed by atoms with Crippen LogP contribution >= 0.6 is 0 Å². The molecule has 0 amide bonds.